The van der Waals surface area contributed by atoms with Gasteiger partial charge in [-0.3, -0.25) is 5.92 Å². The summed E-state index contributed by atoms with van der Waals surface area (Å²) in [5.41, 5.74) is 0. The molecule has 0 aromatic heterocycles. The third-order valence-electron chi connectivity index (χ3n) is 1.35. The van der Waals surface area contributed by atoms with E-state index < -0.39 is 0 Å². The molecule has 0 amide bonds. The standard InChI is InChI=1S/C6H7O2.Na/c7-4-5-2-1-3-6(5)8;/h4H,1-3H2;/q-1;+1. The molecule has 0 bridgehead atoms. The number of rotatable bonds is 1. The maximum Gasteiger partial charge on any atom is 1.00 e. The Bertz CT molecular complexity index is 122. The quantitative estimate of drug-likeness (QED) is 0.226. The fourth-order valence-corrected chi connectivity index (χ4v) is 0.864. The Kier molecular flexibility index (Phi) is 4.19. The first kappa shape index (κ1) is 9.21. The fourth-order valence-electron chi connectivity index (χ4n) is 0.864. The Morgan fingerprint density at radius 1 is 1.56 bits per heavy atom. The Hall–Kier alpha value is 0.210. The smallest absolute Gasteiger partial charge is 0.337 e. The summed E-state index contributed by atoms with van der Waals surface area (Å²) in [4.78, 5) is 20.5. The van der Waals surface area contributed by atoms with Crippen LogP contribution in [0.1, 0.15) is 19.3 Å². The van der Waals surface area contributed by atoms with Gasteiger partial charge < -0.3 is 9.59 Å². The summed E-state index contributed by atoms with van der Waals surface area (Å²) in [7, 11) is 0. The van der Waals surface area contributed by atoms with E-state index in [1.54, 1.807) is 0 Å². The molecule has 0 atom stereocenters. The van der Waals surface area contributed by atoms with Crippen LogP contribution in [0.5, 0.6) is 0 Å². The predicted octanol–water partition coefficient (Wildman–Crippen LogP) is -2.48. The second-order valence-corrected chi connectivity index (χ2v) is 1.92. The van der Waals surface area contributed by atoms with Crippen LogP contribution < -0.4 is 29.6 Å². The maximum absolute atomic E-state index is 10.5. The summed E-state index contributed by atoms with van der Waals surface area (Å²) < 4.78 is 0. The van der Waals surface area contributed by atoms with Crippen LogP contribution in [0.2, 0.25) is 0 Å². The third-order valence-corrected chi connectivity index (χ3v) is 1.35. The van der Waals surface area contributed by atoms with Gasteiger partial charge in [0.1, 0.15) is 0 Å². The van der Waals surface area contributed by atoms with E-state index in [0.717, 1.165) is 6.42 Å². The molecule has 1 aliphatic carbocycles. The van der Waals surface area contributed by atoms with E-state index >= 15 is 0 Å². The monoisotopic (exact) mass is 134 g/mol. The van der Waals surface area contributed by atoms with Crippen molar-refractivity contribution in [1.82, 2.24) is 0 Å². The van der Waals surface area contributed by atoms with Crippen molar-refractivity contribution in [2.75, 3.05) is 0 Å². The van der Waals surface area contributed by atoms with Gasteiger partial charge >= 0.3 is 29.6 Å². The molecule has 44 valence electrons. The van der Waals surface area contributed by atoms with Gasteiger partial charge in [0.25, 0.3) is 0 Å². The molecular formula is C6H7NaO2. The van der Waals surface area contributed by atoms with Crippen molar-refractivity contribution in [2.24, 2.45) is 0 Å². The molecule has 0 aromatic rings. The molecule has 0 heterocycles. The molecule has 0 aliphatic heterocycles. The van der Waals surface area contributed by atoms with Crippen molar-refractivity contribution in [3.8, 4) is 0 Å². The molecule has 9 heavy (non-hydrogen) atoms. The number of Topliss-reactive ketones (excluding diaryl/α,β-unsaturated/α-hetero) is 1. The molecule has 3 heteroatoms. The van der Waals surface area contributed by atoms with Gasteiger partial charge in [-0.15, -0.1) is 0 Å². The largest absolute Gasteiger partial charge is 1.00 e. The fraction of sp³-hybridized carbons (Fsp3) is 0.500. The van der Waals surface area contributed by atoms with Crippen LogP contribution in [0, 0.1) is 5.92 Å². The third kappa shape index (κ3) is 2.12. The van der Waals surface area contributed by atoms with E-state index in [2.05, 4.69) is 0 Å². The molecule has 1 saturated carbocycles. The van der Waals surface area contributed by atoms with Crippen LogP contribution in [0.25, 0.3) is 0 Å². The van der Waals surface area contributed by atoms with Gasteiger partial charge in [-0.05, 0) is 12.7 Å². The van der Waals surface area contributed by atoms with Crippen LogP contribution in [0.3, 0.4) is 0 Å². The van der Waals surface area contributed by atoms with Crippen molar-refractivity contribution in [3.63, 3.8) is 0 Å². The zero-order valence-corrected chi connectivity index (χ0v) is 7.52. The molecule has 1 rings (SSSR count). The second kappa shape index (κ2) is 4.09. The van der Waals surface area contributed by atoms with Crippen molar-refractivity contribution in [2.45, 2.75) is 19.3 Å². The molecule has 0 aromatic carbocycles. The topological polar surface area (TPSA) is 34.1 Å². The number of hydrogen-bond acceptors (Lipinski definition) is 2. The van der Waals surface area contributed by atoms with Gasteiger partial charge in [0, 0.05) is 5.78 Å². The minimum absolute atomic E-state index is 0. The van der Waals surface area contributed by atoms with Gasteiger partial charge in [0.2, 0.25) is 0 Å². The summed E-state index contributed by atoms with van der Waals surface area (Å²) in [6.07, 6.45) is 2.82. The zero-order valence-electron chi connectivity index (χ0n) is 5.52. The Morgan fingerprint density at radius 2 is 2.22 bits per heavy atom. The van der Waals surface area contributed by atoms with E-state index in [-0.39, 0.29) is 35.3 Å². The summed E-state index contributed by atoms with van der Waals surface area (Å²) in [5, 5.41) is 0. The van der Waals surface area contributed by atoms with Gasteiger partial charge in [-0.25, -0.2) is 0 Å². The minimum Gasteiger partial charge on any atom is -0.337 e. The summed E-state index contributed by atoms with van der Waals surface area (Å²) >= 11 is 0. The van der Waals surface area contributed by atoms with Crippen molar-refractivity contribution in [3.05, 3.63) is 5.92 Å². The number of hydrogen-bond donors (Lipinski definition) is 0. The van der Waals surface area contributed by atoms with Gasteiger partial charge in [-0.1, -0.05) is 6.42 Å². The minimum atomic E-state index is 0. The van der Waals surface area contributed by atoms with Crippen LogP contribution in [0.15, 0.2) is 0 Å². The van der Waals surface area contributed by atoms with Crippen molar-refractivity contribution in [1.29, 1.82) is 0 Å². The molecule has 0 unspecified atom stereocenters. The van der Waals surface area contributed by atoms with E-state index in [0.29, 0.717) is 25.0 Å². The van der Waals surface area contributed by atoms with Crippen LogP contribution in [0.4, 0.5) is 0 Å². The van der Waals surface area contributed by atoms with E-state index in [4.69, 9.17) is 0 Å². The average molecular weight is 134 g/mol. The number of ketones is 1. The molecule has 0 spiro atoms. The molecule has 1 fully saturated rings. The van der Waals surface area contributed by atoms with E-state index in [1.807, 2.05) is 0 Å². The SMILES string of the molecule is O=C[C-]1CCCC1=O.[Na+]. The van der Waals surface area contributed by atoms with Gasteiger partial charge in [-0.2, -0.15) is 6.42 Å². The summed E-state index contributed by atoms with van der Waals surface area (Å²) in [5.74, 6) is 0.519. The summed E-state index contributed by atoms with van der Waals surface area (Å²) in [6.45, 7) is 0. The molecule has 0 N–H and O–H groups in total. The predicted molar refractivity (Wildman–Crippen MR) is 28.2 cm³/mol. The first-order valence-electron chi connectivity index (χ1n) is 2.69. The zero-order chi connectivity index (χ0) is 5.98. The average Bonchev–Trinajstić information content (AvgIpc) is 2.14. The molecule has 0 radical (unpaired) electrons. The van der Waals surface area contributed by atoms with Crippen LogP contribution in [-0.4, -0.2) is 12.1 Å². The number of carbonyl (C=O) groups is 2. The van der Waals surface area contributed by atoms with E-state index in [9.17, 15) is 9.59 Å². The van der Waals surface area contributed by atoms with Crippen LogP contribution in [-0.2, 0) is 9.59 Å². The molecular weight excluding hydrogens is 127 g/mol. The first-order chi connectivity index (χ1) is 3.84. The maximum atomic E-state index is 10.5. The van der Waals surface area contributed by atoms with E-state index in [1.165, 1.54) is 0 Å². The number of aldehydes is 1. The summed E-state index contributed by atoms with van der Waals surface area (Å²) in [6, 6.07) is 0. The molecule has 2 nitrogen and oxygen atoms in total. The first-order valence-corrected chi connectivity index (χ1v) is 2.69. The Morgan fingerprint density at radius 3 is 2.44 bits per heavy atom. The van der Waals surface area contributed by atoms with Gasteiger partial charge in [0.15, 0.2) is 0 Å². The number of carbonyl (C=O) groups excluding carboxylic acids is 2. The van der Waals surface area contributed by atoms with Crippen molar-refractivity contribution < 1.29 is 39.1 Å². The Balaban J connectivity index is 0.000000640. The normalized spacial score (nSPS) is 17.3. The van der Waals surface area contributed by atoms with Crippen molar-refractivity contribution >= 4 is 12.1 Å². The second-order valence-electron chi connectivity index (χ2n) is 1.92. The van der Waals surface area contributed by atoms with Gasteiger partial charge in [0.05, 0.1) is 0 Å². The van der Waals surface area contributed by atoms with Crippen LogP contribution >= 0.6 is 0 Å². The Labute approximate surface area is 76.3 Å². The molecule has 1 aliphatic rings. The molecule has 0 saturated heterocycles.